The maximum atomic E-state index is 12.6. The summed E-state index contributed by atoms with van der Waals surface area (Å²) in [6.07, 6.45) is 0.000826. The number of alkyl halides is 2. The molecule has 0 aliphatic carbocycles. The molecule has 164 valence electrons. The first-order valence-corrected chi connectivity index (χ1v) is 9.64. The van der Waals surface area contributed by atoms with E-state index in [4.69, 9.17) is 13.9 Å². The zero-order chi connectivity index (χ0) is 22.3. The number of benzene rings is 2. The molecule has 1 N–H and O–H groups in total. The number of methoxy groups -OCH3 is 1. The van der Waals surface area contributed by atoms with Crippen LogP contribution in [0.15, 0.2) is 71.4 Å². The molecule has 1 atom stereocenters. The van der Waals surface area contributed by atoms with Crippen molar-refractivity contribution < 1.29 is 22.7 Å². The van der Waals surface area contributed by atoms with Crippen molar-refractivity contribution in [2.24, 2.45) is 0 Å². The van der Waals surface area contributed by atoms with Gasteiger partial charge in [0.25, 0.3) is 11.8 Å². The van der Waals surface area contributed by atoms with Crippen molar-refractivity contribution in [1.82, 2.24) is 20.2 Å². The average Bonchev–Trinajstić information content (AvgIpc) is 3.34. The summed E-state index contributed by atoms with van der Waals surface area (Å²) >= 11 is 0. The lowest BCUT2D eigenvalue weighted by atomic mass is 10.1. The fourth-order valence-electron chi connectivity index (χ4n) is 2.89. The Morgan fingerprint density at radius 3 is 2.41 bits per heavy atom. The minimum atomic E-state index is -2.84. The molecule has 0 saturated carbocycles. The Hall–Kier alpha value is -4.08. The van der Waals surface area contributed by atoms with Gasteiger partial charge in [0, 0.05) is 18.5 Å². The second-order valence-electron chi connectivity index (χ2n) is 6.64. The summed E-state index contributed by atoms with van der Waals surface area (Å²) in [5, 5.41) is 10.1. The van der Waals surface area contributed by atoms with Crippen molar-refractivity contribution in [3.63, 3.8) is 0 Å². The topological polar surface area (TPSA) is 95.2 Å². The van der Waals surface area contributed by atoms with E-state index in [0.717, 1.165) is 5.56 Å². The molecule has 32 heavy (non-hydrogen) atoms. The highest BCUT2D eigenvalue weighted by atomic mass is 19.3. The molecule has 0 saturated heterocycles. The molecule has 8 nitrogen and oxygen atoms in total. The first-order valence-electron chi connectivity index (χ1n) is 9.64. The maximum Gasteiger partial charge on any atom is 0.314 e. The van der Waals surface area contributed by atoms with Crippen LogP contribution in [0.5, 0.6) is 11.5 Å². The van der Waals surface area contributed by atoms with Gasteiger partial charge in [-0.2, -0.15) is 8.78 Å². The molecule has 2 aromatic heterocycles. The quantitative estimate of drug-likeness (QED) is 0.401. The van der Waals surface area contributed by atoms with Gasteiger partial charge in [-0.15, -0.1) is 10.2 Å². The van der Waals surface area contributed by atoms with E-state index in [1.54, 1.807) is 13.2 Å². The lowest BCUT2D eigenvalue weighted by Crippen LogP contribution is -2.20. The normalized spacial score (nSPS) is 11.9. The van der Waals surface area contributed by atoms with E-state index in [1.165, 1.54) is 12.4 Å². The van der Waals surface area contributed by atoms with E-state index >= 15 is 0 Å². The monoisotopic (exact) mass is 439 g/mol. The first-order chi connectivity index (χ1) is 15.6. The van der Waals surface area contributed by atoms with Gasteiger partial charge in [0.2, 0.25) is 5.95 Å². The van der Waals surface area contributed by atoms with E-state index in [1.807, 2.05) is 48.5 Å². The predicted octanol–water partition coefficient (Wildman–Crippen LogP) is 4.71. The molecule has 10 heteroatoms. The molecular weight excluding hydrogens is 420 g/mol. The standard InChI is InChI=1S/C22H19F2N5O3/c1-30-16-8-5-9-17(10-16)31-13-18(14-6-3-2-4-7-14)27-22-25-11-15(12-26-22)20-28-29-21(32-20)19(23)24/h2-12,18-19H,13H2,1H3,(H,25,26,27). The first kappa shape index (κ1) is 21.2. The summed E-state index contributed by atoms with van der Waals surface area (Å²) in [5.41, 5.74) is 1.31. The van der Waals surface area contributed by atoms with Crippen molar-refractivity contribution >= 4 is 5.95 Å². The molecule has 0 spiro atoms. The van der Waals surface area contributed by atoms with Gasteiger partial charge >= 0.3 is 6.43 Å². The summed E-state index contributed by atoms with van der Waals surface area (Å²) in [5.74, 6) is 0.857. The van der Waals surface area contributed by atoms with Gasteiger partial charge in [0.05, 0.1) is 18.7 Å². The highest BCUT2D eigenvalue weighted by molar-refractivity contribution is 5.50. The van der Waals surface area contributed by atoms with Gasteiger partial charge < -0.3 is 19.2 Å². The third-order valence-electron chi connectivity index (χ3n) is 4.49. The van der Waals surface area contributed by atoms with Crippen molar-refractivity contribution in [3.05, 3.63) is 78.4 Å². The van der Waals surface area contributed by atoms with Gasteiger partial charge in [-0.25, -0.2) is 9.97 Å². The van der Waals surface area contributed by atoms with Crippen molar-refractivity contribution in [2.75, 3.05) is 19.0 Å². The molecule has 0 radical (unpaired) electrons. The molecular formula is C22H19F2N5O3. The Balaban J connectivity index is 1.49. The van der Waals surface area contributed by atoms with E-state index in [2.05, 4.69) is 25.5 Å². The Kier molecular flexibility index (Phi) is 6.49. The third kappa shape index (κ3) is 5.15. The number of hydrogen-bond acceptors (Lipinski definition) is 8. The van der Waals surface area contributed by atoms with Crippen LogP contribution in [0.1, 0.15) is 23.9 Å². The number of nitrogens with zero attached hydrogens (tertiary/aromatic N) is 4. The average molecular weight is 439 g/mol. The molecule has 4 aromatic rings. The molecule has 2 aromatic carbocycles. The molecule has 1 unspecified atom stereocenters. The Morgan fingerprint density at radius 2 is 1.72 bits per heavy atom. The minimum absolute atomic E-state index is 0.0761. The van der Waals surface area contributed by atoms with Crippen LogP contribution in [-0.2, 0) is 0 Å². The number of aromatic nitrogens is 4. The Labute approximate surface area is 182 Å². The van der Waals surface area contributed by atoms with Crippen LogP contribution in [0.4, 0.5) is 14.7 Å². The molecule has 0 amide bonds. The number of ether oxygens (including phenoxy) is 2. The SMILES string of the molecule is COc1cccc(OCC(Nc2ncc(-c3nnc(C(F)F)o3)cn2)c2ccccc2)c1. The second kappa shape index (κ2) is 9.82. The van der Waals surface area contributed by atoms with Gasteiger partial charge in [0.15, 0.2) is 0 Å². The van der Waals surface area contributed by atoms with Crippen molar-refractivity contribution in [1.29, 1.82) is 0 Å². The van der Waals surface area contributed by atoms with Crippen molar-refractivity contribution in [2.45, 2.75) is 12.5 Å². The van der Waals surface area contributed by atoms with Gasteiger partial charge in [-0.3, -0.25) is 0 Å². The summed E-state index contributed by atoms with van der Waals surface area (Å²) < 4.78 is 41.4. The fraction of sp³-hybridized carbons (Fsp3) is 0.182. The maximum absolute atomic E-state index is 12.6. The molecule has 0 fully saturated rings. The summed E-state index contributed by atoms with van der Waals surface area (Å²) in [4.78, 5) is 8.49. The van der Waals surface area contributed by atoms with E-state index in [9.17, 15) is 8.78 Å². The Bertz CT molecular complexity index is 1140. The van der Waals surface area contributed by atoms with Gasteiger partial charge in [-0.05, 0) is 17.7 Å². The number of halogens is 2. The molecule has 4 rings (SSSR count). The molecule has 0 aliphatic heterocycles. The van der Waals surface area contributed by atoms with Crippen LogP contribution in [0.3, 0.4) is 0 Å². The summed E-state index contributed by atoms with van der Waals surface area (Å²) in [6.45, 7) is 0.295. The predicted molar refractivity (Wildman–Crippen MR) is 112 cm³/mol. The lowest BCUT2D eigenvalue weighted by Gasteiger charge is -2.20. The van der Waals surface area contributed by atoms with Crippen LogP contribution in [0.25, 0.3) is 11.5 Å². The smallest absolute Gasteiger partial charge is 0.314 e. The lowest BCUT2D eigenvalue weighted by molar-refractivity contribution is 0.116. The highest BCUT2D eigenvalue weighted by Gasteiger charge is 2.18. The molecule has 0 aliphatic rings. The number of anilines is 1. The summed E-state index contributed by atoms with van der Waals surface area (Å²) in [6, 6.07) is 16.8. The Morgan fingerprint density at radius 1 is 0.969 bits per heavy atom. The zero-order valence-electron chi connectivity index (χ0n) is 17.0. The number of rotatable bonds is 9. The second-order valence-corrected chi connectivity index (χ2v) is 6.64. The van der Waals surface area contributed by atoms with Crippen LogP contribution < -0.4 is 14.8 Å². The molecule has 2 heterocycles. The zero-order valence-corrected chi connectivity index (χ0v) is 17.0. The van der Waals surface area contributed by atoms with Crippen molar-refractivity contribution in [3.8, 4) is 23.0 Å². The minimum Gasteiger partial charge on any atom is -0.497 e. The fourth-order valence-corrected chi connectivity index (χ4v) is 2.89. The largest absolute Gasteiger partial charge is 0.497 e. The van der Waals surface area contributed by atoms with Crippen LogP contribution in [0.2, 0.25) is 0 Å². The highest BCUT2D eigenvalue weighted by Crippen LogP contribution is 2.25. The van der Waals surface area contributed by atoms with Crippen LogP contribution >= 0.6 is 0 Å². The van der Waals surface area contributed by atoms with Crippen LogP contribution in [-0.4, -0.2) is 33.9 Å². The van der Waals surface area contributed by atoms with E-state index in [-0.39, 0.29) is 11.9 Å². The van der Waals surface area contributed by atoms with Crippen LogP contribution in [0, 0.1) is 0 Å². The van der Waals surface area contributed by atoms with Gasteiger partial charge in [0.1, 0.15) is 18.1 Å². The third-order valence-corrected chi connectivity index (χ3v) is 4.49. The van der Waals surface area contributed by atoms with E-state index in [0.29, 0.717) is 29.6 Å². The number of nitrogens with one attached hydrogen (secondary N) is 1. The van der Waals surface area contributed by atoms with Gasteiger partial charge in [-0.1, -0.05) is 36.4 Å². The number of hydrogen-bond donors (Lipinski definition) is 1. The summed E-state index contributed by atoms with van der Waals surface area (Å²) in [7, 11) is 1.59. The van der Waals surface area contributed by atoms with E-state index < -0.39 is 12.3 Å². The molecule has 0 bridgehead atoms.